The fraction of sp³-hybridized carbons (Fsp3) is 0.353. The number of aromatic nitrogens is 3. The molecule has 4 nitrogen and oxygen atoms in total. The molecule has 1 aromatic carbocycles. The van der Waals surface area contributed by atoms with E-state index in [2.05, 4.69) is 47.3 Å². The molecule has 3 aromatic rings. The van der Waals surface area contributed by atoms with Gasteiger partial charge in [-0.15, -0.1) is 0 Å². The van der Waals surface area contributed by atoms with E-state index in [1.165, 1.54) is 35.4 Å². The molecule has 0 bridgehead atoms. The number of benzene rings is 1. The second kappa shape index (κ2) is 5.32. The molecule has 2 aromatic heterocycles. The number of nitrogens with zero attached hydrogens (tertiary/aromatic N) is 3. The summed E-state index contributed by atoms with van der Waals surface area (Å²) in [5.41, 5.74) is 4.50. The summed E-state index contributed by atoms with van der Waals surface area (Å²) in [6, 6.07) is 6.34. The van der Waals surface area contributed by atoms with E-state index in [1.54, 1.807) is 17.7 Å². The second-order valence-electron chi connectivity index (χ2n) is 5.98. The van der Waals surface area contributed by atoms with Crippen LogP contribution in [-0.4, -0.2) is 15.0 Å². The zero-order valence-electron chi connectivity index (χ0n) is 12.8. The second-order valence-corrected chi connectivity index (χ2v) is 6.99. The molecule has 2 heterocycles. The number of hydrogen-bond donors (Lipinski definition) is 1. The van der Waals surface area contributed by atoms with Crippen LogP contribution in [0.5, 0.6) is 0 Å². The Hall–Kier alpha value is -2.01. The fourth-order valence-electron chi connectivity index (χ4n) is 2.65. The summed E-state index contributed by atoms with van der Waals surface area (Å²) >= 11 is 1.71. The summed E-state index contributed by atoms with van der Waals surface area (Å²) in [6.07, 6.45) is 5.45. The van der Waals surface area contributed by atoms with Gasteiger partial charge in [0.05, 0.1) is 5.01 Å². The van der Waals surface area contributed by atoms with Gasteiger partial charge in [-0.2, -0.15) is 0 Å². The third-order valence-electron chi connectivity index (χ3n) is 4.44. The van der Waals surface area contributed by atoms with Gasteiger partial charge in [0.15, 0.2) is 5.82 Å². The van der Waals surface area contributed by atoms with Crippen molar-refractivity contribution in [1.29, 1.82) is 0 Å². The molecule has 1 N–H and O–H groups in total. The van der Waals surface area contributed by atoms with Crippen molar-refractivity contribution in [1.82, 2.24) is 15.0 Å². The molecule has 0 aliphatic heterocycles. The van der Waals surface area contributed by atoms with Crippen molar-refractivity contribution in [3.8, 4) is 0 Å². The van der Waals surface area contributed by atoms with Crippen molar-refractivity contribution in [3.63, 3.8) is 0 Å². The lowest BCUT2D eigenvalue weighted by Crippen LogP contribution is -2.07. The molecule has 5 heteroatoms. The Balaban J connectivity index is 1.71. The van der Waals surface area contributed by atoms with E-state index in [4.69, 9.17) is 4.98 Å². The Morgan fingerprint density at radius 2 is 2.00 bits per heavy atom. The Bertz CT molecular complexity index is 836. The molecular weight excluding hydrogens is 292 g/mol. The van der Waals surface area contributed by atoms with Crippen molar-refractivity contribution in [2.24, 2.45) is 0 Å². The Morgan fingerprint density at radius 1 is 1.14 bits per heavy atom. The van der Waals surface area contributed by atoms with E-state index in [0.29, 0.717) is 5.92 Å². The number of hydrogen-bond acceptors (Lipinski definition) is 5. The highest BCUT2D eigenvalue weighted by Gasteiger charge is 2.24. The normalized spacial score (nSPS) is 15.0. The summed E-state index contributed by atoms with van der Waals surface area (Å²) in [5.74, 6) is 1.43. The highest BCUT2D eigenvalue weighted by atomic mass is 32.1. The summed E-state index contributed by atoms with van der Waals surface area (Å²) in [4.78, 5) is 14.6. The van der Waals surface area contributed by atoms with E-state index in [-0.39, 0.29) is 0 Å². The molecule has 0 radical (unpaired) electrons. The van der Waals surface area contributed by atoms with Gasteiger partial charge in [0.1, 0.15) is 16.7 Å². The van der Waals surface area contributed by atoms with Gasteiger partial charge in [0, 0.05) is 11.6 Å². The minimum absolute atomic E-state index is 0.633. The van der Waals surface area contributed by atoms with Gasteiger partial charge in [0.25, 0.3) is 0 Å². The molecule has 0 unspecified atom stereocenters. The van der Waals surface area contributed by atoms with Crippen LogP contribution in [0, 0.1) is 13.8 Å². The first-order valence-electron chi connectivity index (χ1n) is 7.66. The first-order valence-corrected chi connectivity index (χ1v) is 8.48. The molecule has 0 amide bonds. The zero-order valence-corrected chi connectivity index (χ0v) is 13.6. The minimum atomic E-state index is 0.633. The first kappa shape index (κ1) is 13.6. The topological polar surface area (TPSA) is 50.7 Å². The number of fused-ring (bicyclic) bond motifs is 1. The van der Waals surface area contributed by atoms with Crippen molar-refractivity contribution >= 4 is 33.2 Å². The van der Waals surface area contributed by atoms with E-state index in [0.717, 1.165) is 21.9 Å². The third kappa shape index (κ3) is 2.35. The van der Waals surface area contributed by atoms with Gasteiger partial charge >= 0.3 is 0 Å². The lowest BCUT2D eigenvalue weighted by molar-refractivity contribution is 0.419. The quantitative estimate of drug-likeness (QED) is 0.761. The monoisotopic (exact) mass is 310 g/mol. The molecule has 1 aliphatic carbocycles. The lowest BCUT2D eigenvalue weighted by Gasteiger charge is -2.22. The molecule has 22 heavy (non-hydrogen) atoms. The summed E-state index contributed by atoms with van der Waals surface area (Å²) < 4.78 is 0. The third-order valence-corrected chi connectivity index (χ3v) is 5.56. The highest BCUT2D eigenvalue weighted by molar-refractivity contribution is 7.18. The van der Waals surface area contributed by atoms with Gasteiger partial charge in [0.2, 0.25) is 0 Å². The van der Waals surface area contributed by atoms with E-state index >= 15 is 0 Å². The average molecular weight is 310 g/mol. The van der Waals surface area contributed by atoms with Gasteiger partial charge in [-0.25, -0.2) is 15.0 Å². The Kier molecular flexibility index (Phi) is 3.30. The lowest BCUT2D eigenvalue weighted by atomic mass is 9.86. The first-order chi connectivity index (χ1) is 10.7. The SMILES string of the molecule is Cc1ccc(Nc2ncnc3sc(C4CCC4)nc23)cc1C. The van der Waals surface area contributed by atoms with Gasteiger partial charge in [-0.05, 0) is 49.9 Å². The van der Waals surface area contributed by atoms with E-state index in [9.17, 15) is 0 Å². The van der Waals surface area contributed by atoms with Crippen LogP contribution in [0.1, 0.15) is 41.3 Å². The van der Waals surface area contributed by atoms with Gasteiger partial charge in [-0.3, -0.25) is 0 Å². The molecule has 1 aliphatic rings. The maximum Gasteiger partial charge on any atom is 0.161 e. The molecule has 1 saturated carbocycles. The van der Waals surface area contributed by atoms with Crippen LogP contribution in [0.15, 0.2) is 24.5 Å². The van der Waals surface area contributed by atoms with Crippen molar-refractivity contribution in [3.05, 3.63) is 40.7 Å². The molecule has 0 spiro atoms. The Labute approximate surface area is 133 Å². The minimum Gasteiger partial charge on any atom is -0.338 e. The molecule has 4 rings (SSSR count). The predicted octanol–water partition coefficient (Wildman–Crippen LogP) is 4.71. The van der Waals surface area contributed by atoms with Crippen LogP contribution >= 0.6 is 11.3 Å². The maximum atomic E-state index is 4.80. The number of anilines is 2. The van der Waals surface area contributed by atoms with E-state index < -0.39 is 0 Å². The van der Waals surface area contributed by atoms with Crippen molar-refractivity contribution < 1.29 is 0 Å². The standard InChI is InChI=1S/C17H18N4S/c1-10-6-7-13(8-11(10)2)20-15-14-17(19-9-18-15)22-16(21-14)12-4-3-5-12/h6-9,12H,3-5H2,1-2H3,(H,18,19,20). The van der Waals surface area contributed by atoms with Crippen LogP contribution in [-0.2, 0) is 0 Å². The molecular formula is C17H18N4S. The van der Waals surface area contributed by atoms with Crippen LogP contribution < -0.4 is 5.32 Å². The molecule has 1 fully saturated rings. The number of nitrogens with one attached hydrogen (secondary N) is 1. The van der Waals surface area contributed by atoms with Crippen LogP contribution in [0.25, 0.3) is 10.3 Å². The number of thiazole rings is 1. The van der Waals surface area contributed by atoms with Crippen LogP contribution in [0.2, 0.25) is 0 Å². The molecule has 0 atom stereocenters. The zero-order chi connectivity index (χ0) is 15.1. The average Bonchev–Trinajstić information content (AvgIpc) is 2.85. The molecule has 0 saturated heterocycles. The smallest absolute Gasteiger partial charge is 0.161 e. The molecule has 112 valence electrons. The number of aryl methyl sites for hydroxylation is 2. The largest absolute Gasteiger partial charge is 0.338 e. The predicted molar refractivity (Wildman–Crippen MR) is 91.0 cm³/mol. The van der Waals surface area contributed by atoms with Crippen LogP contribution in [0.4, 0.5) is 11.5 Å². The van der Waals surface area contributed by atoms with Gasteiger partial charge in [-0.1, -0.05) is 23.8 Å². The van der Waals surface area contributed by atoms with Crippen molar-refractivity contribution in [2.45, 2.75) is 39.0 Å². The highest BCUT2D eigenvalue weighted by Crippen LogP contribution is 2.40. The van der Waals surface area contributed by atoms with Crippen LogP contribution in [0.3, 0.4) is 0 Å². The fourth-order valence-corrected chi connectivity index (χ4v) is 3.72. The van der Waals surface area contributed by atoms with Gasteiger partial charge < -0.3 is 5.32 Å². The maximum absolute atomic E-state index is 4.80. The summed E-state index contributed by atoms with van der Waals surface area (Å²) in [5, 5.41) is 4.61. The van der Waals surface area contributed by atoms with E-state index in [1.807, 2.05) is 0 Å². The summed E-state index contributed by atoms with van der Waals surface area (Å²) in [6.45, 7) is 4.24. The number of rotatable bonds is 3. The Morgan fingerprint density at radius 3 is 2.73 bits per heavy atom. The summed E-state index contributed by atoms with van der Waals surface area (Å²) in [7, 11) is 0. The van der Waals surface area contributed by atoms with Crippen molar-refractivity contribution in [2.75, 3.05) is 5.32 Å².